The summed E-state index contributed by atoms with van der Waals surface area (Å²) in [4.78, 5) is 10.6. The number of aliphatic imine (C=N–C) groups is 2. The summed E-state index contributed by atoms with van der Waals surface area (Å²) in [6, 6.07) is 33.5. The Morgan fingerprint density at radius 1 is 0.534 bits per heavy atom. The van der Waals surface area contributed by atoms with Crippen molar-refractivity contribution >= 4 is 29.1 Å². The number of halogens is 1. The maximum absolute atomic E-state index is 11.8. The van der Waals surface area contributed by atoms with Crippen LogP contribution in [0.1, 0.15) is 129 Å². The van der Waals surface area contributed by atoms with Gasteiger partial charge < -0.3 is 31.5 Å². The van der Waals surface area contributed by atoms with Crippen LogP contribution in [0.2, 0.25) is 36.3 Å². The average Bonchev–Trinajstić information content (AvgIpc) is 3.19. The van der Waals surface area contributed by atoms with Gasteiger partial charge in [0.15, 0.2) is 0 Å². The molecule has 0 spiro atoms. The molecule has 10 heteroatoms. The summed E-state index contributed by atoms with van der Waals surface area (Å²) in [7, 11) is -4.00. The van der Waals surface area contributed by atoms with Crippen molar-refractivity contribution in [2.24, 2.45) is 9.98 Å². The van der Waals surface area contributed by atoms with Gasteiger partial charge in [0.25, 0.3) is 0 Å². The van der Waals surface area contributed by atoms with Crippen molar-refractivity contribution in [3.63, 3.8) is 0 Å². The van der Waals surface area contributed by atoms with Crippen LogP contribution in [0.4, 0.5) is 0 Å². The second kappa shape index (κ2) is 21.8. The molecule has 4 rings (SSSR count). The number of phenols is 2. The molecule has 0 aliphatic heterocycles. The third-order valence-electron chi connectivity index (χ3n) is 11.7. The van der Waals surface area contributed by atoms with Crippen LogP contribution in [0.25, 0.3) is 0 Å². The number of hydrogen-bond donors (Lipinski definition) is 2. The molecule has 58 heavy (non-hydrogen) atoms. The zero-order chi connectivity index (χ0) is 41.3. The maximum atomic E-state index is 11.8. The normalized spacial score (nSPS) is 13.5. The van der Waals surface area contributed by atoms with Crippen molar-refractivity contribution in [3.05, 3.63) is 118 Å². The van der Waals surface area contributed by atoms with Gasteiger partial charge >= 0.3 is 0 Å². The number of benzene rings is 4. The SMILES string of the molecule is CC[Si](CC)(CC)Oc1cc(C=NC(c2ccccc2)C(N=Cc2cc(O[Si](CC)(CC)CC)cc(C(C)(C)C)c2O)c2ccccc2)c(O)c(C(C)(C)C)c1.[Cl-].[Mn]. The average molecular weight is 884 g/mol. The molecule has 0 fully saturated rings. The summed E-state index contributed by atoms with van der Waals surface area (Å²) < 4.78 is 13.8. The summed E-state index contributed by atoms with van der Waals surface area (Å²) >= 11 is 0. The first kappa shape index (κ1) is 50.8. The fourth-order valence-electron chi connectivity index (χ4n) is 7.47. The van der Waals surface area contributed by atoms with Crippen molar-refractivity contribution < 1.29 is 48.5 Å². The van der Waals surface area contributed by atoms with E-state index in [1.54, 1.807) is 12.4 Å². The topological polar surface area (TPSA) is 83.6 Å². The van der Waals surface area contributed by atoms with Gasteiger partial charge in [-0.3, -0.25) is 9.98 Å². The second-order valence-electron chi connectivity index (χ2n) is 17.3. The first-order chi connectivity index (χ1) is 26.5. The molecule has 0 bridgehead atoms. The fraction of sp³-hybridized carbons (Fsp3) is 0.458. The molecule has 0 saturated heterocycles. The molecular weight excluding hydrogens is 815 g/mol. The Morgan fingerprint density at radius 3 is 1.09 bits per heavy atom. The molecule has 0 aromatic heterocycles. The van der Waals surface area contributed by atoms with Gasteiger partial charge in [0.05, 0.1) is 0 Å². The predicted octanol–water partition coefficient (Wildman–Crippen LogP) is 10.5. The first-order valence-corrected chi connectivity index (χ1v) is 25.8. The molecule has 0 aliphatic carbocycles. The van der Waals surface area contributed by atoms with E-state index >= 15 is 0 Å². The molecule has 0 saturated carbocycles. The molecule has 2 unspecified atom stereocenters. The molecule has 0 amide bonds. The van der Waals surface area contributed by atoms with Crippen LogP contribution in [0.5, 0.6) is 23.0 Å². The molecule has 6 nitrogen and oxygen atoms in total. The van der Waals surface area contributed by atoms with E-state index in [0.29, 0.717) is 11.1 Å². The Labute approximate surface area is 369 Å². The van der Waals surface area contributed by atoms with Crippen molar-refractivity contribution in [1.29, 1.82) is 0 Å². The zero-order valence-electron chi connectivity index (χ0n) is 37.0. The van der Waals surface area contributed by atoms with Gasteiger partial charge in [-0.25, -0.2) is 0 Å². The molecule has 1 radical (unpaired) electrons. The Balaban J connectivity index is 0.00000580. The first-order valence-electron chi connectivity index (χ1n) is 20.8. The van der Waals surface area contributed by atoms with Crippen molar-refractivity contribution in [2.75, 3.05) is 0 Å². The number of nitrogens with zero attached hydrogens (tertiary/aromatic N) is 2. The van der Waals surface area contributed by atoms with Gasteiger partial charge in [0.1, 0.15) is 35.1 Å². The van der Waals surface area contributed by atoms with Crippen LogP contribution in [-0.2, 0) is 27.9 Å². The van der Waals surface area contributed by atoms with E-state index in [0.717, 1.165) is 70.0 Å². The minimum atomic E-state index is -2.00. The molecule has 317 valence electrons. The molecule has 2 atom stereocenters. The summed E-state index contributed by atoms with van der Waals surface area (Å²) in [6.45, 7) is 26.0. The molecular formula is C48H68ClMnN2O4Si2-. The summed E-state index contributed by atoms with van der Waals surface area (Å²) in [6.07, 6.45) is 3.59. The zero-order valence-corrected chi connectivity index (χ0v) is 40.9. The Kier molecular flexibility index (Phi) is 19.1. The Bertz CT molecular complexity index is 1780. The van der Waals surface area contributed by atoms with E-state index in [1.165, 1.54) is 0 Å². The van der Waals surface area contributed by atoms with Gasteiger partial charge in [-0.1, -0.05) is 144 Å². The largest absolute Gasteiger partial charge is 1.00 e. The van der Waals surface area contributed by atoms with Crippen LogP contribution in [0, 0.1) is 0 Å². The Hall–Kier alpha value is -3.34. The molecule has 0 aliphatic rings. The van der Waals surface area contributed by atoms with Crippen LogP contribution < -0.4 is 21.3 Å². The van der Waals surface area contributed by atoms with Crippen molar-refractivity contribution in [3.8, 4) is 23.0 Å². The van der Waals surface area contributed by atoms with Crippen LogP contribution in [0.15, 0.2) is 94.9 Å². The van der Waals surface area contributed by atoms with Gasteiger partial charge in [-0.2, -0.15) is 0 Å². The third-order valence-corrected chi connectivity index (χ3v) is 20.8. The van der Waals surface area contributed by atoms with E-state index < -0.39 is 28.7 Å². The van der Waals surface area contributed by atoms with Crippen LogP contribution >= 0.6 is 0 Å². The minimum absolute atomic E-state index is 0. The summed E-state index contributed by atoms with van der Waals surface area (Å²) in [5, 5.41) is 23.6. The van der Waals surface area contributed by atoms with E-state index in [9.17, 15) is 10.2 Å². The van der Waals surface area contributed by atoms with Gasteiger partial charge in [-0.15, -0.1) is 0 Å². The van der Waals surface area contributed by atoms with E-state index in [4.69, 9.17) is 18.8 Å². The molecule has 4 aromatic carbocycles. The van der Waals surface area contributed by atoms with Crippen molar-refractivity contribution in [2.45, 2.75) is 142 Å². The molecule has 4 aromatic rings. The molecule has 2 N–H and O–H groups in total. The monoisotopic (exact) mass is 882 g/mol. The van der Waals surface area contributed by atoms with E-state index in [1.807, 2.05) is 60.7 Å². The number of aromatic hydroxyl groups is 2. The summed E-state index contributed by atoms with van der Waals surface area (Å²) in [5.41, 5.74) is 4.19. The van der Waals surface area contributed by atoms with E-state index in [2.05, 4.69) is 107 Å². The van der Waals surface area contributed by atoms with Gasteiger partial charge in [-0.05, 0) is 82.5 Å². The summed E-state index contributed by atoms with van der Waals surface area (Å²) in [5.74, 6) is 1.99. The number of hydrogen-bond acceptors (Lipinski definition) is 6. The predicted molar refractivity (Wildman–Crippen MR) is 243 cm³/mol. The fourth-order valence-corrected chi connectivity index (χ4v) is 12.6. The molecule has 0 heterocycles. The number of phenolic OH excluding ortho intramolecular Hbond substituents is 2. The quantitative estimate of drug-likeness (QED) is 0.0817. The van der Waals surface area contributed by atoms with Crippen LogP contribution in [0.3, 0.4) is 0 Å². The van der Waals surface area contributed by atoms with Crippen LogP contribution in [-0.4, -0.2) is 39.3 Å². The van der Waals surface area contributed by atoms with Crippen molar-refractivity contribution in [1.82, 2.24) is 0 Å². The maximum Gasteiger partial charge on any atom is 0.250 e. The minimum Gasteiger partial charge on any atom is -1.00 e. The second-order valence-corrected chi connectivity index (χ2v) is 26.7. The van der Waals surface area contributed by atoms with Gasteiger partial charge in [0.2, 0.25) is 16.6 Å². The number of rotatable bonds is 17. The smallest absolute Gasteiger partial charge is 0.250 e. The van der Waals surface area contributed by atoms with Gasteiger partial charge in [0, 0.05) is 51.8 Å². The standard InChI is InChI=1S/C48H68N2O4Si2.ClH.Mn/c1-13-55(14-2,15-3)53-39-29-37(45(51)41(31-39)47(7,8)9)33-49-43(35-25-21-19-22-26-35)44(36-27-23-20-24-28-36)50-34-38-30-40(54-56(16-4,17-5)18-6)32-42(46(38)52)48(10,11)12;;/h19-34,43-44,51-52H,13-18H2,1-12H3;1H;/p-1. The van der Waals surface area contributed by atoms with E-state index in [-0.39, 0.29) is 51.8 Å². The third kappa shape index (κ3) is 12.4. The Morgan fingerprint density at radius 2 is 0.828 bits per heavy atom.